The molecule has 0 amide bonds. The van der Waals surface area contributed by atoms with Crippen LogP contribution < -0.4 is 10.6 Å². The van der Waals surface area contributed by atoms with E-state index in [9.17, 15) is 4.79 Å². The van der Waals surface area contributed by atoms with E-state index in [1.165, 1.54) is 0 Å². The van der Waals surface area contributed by atoms with Gasteiger partial charge in [0.05, 0.1) is 6.20 Å². The molecule has 4 heterocycles. The molecule has 0 unspecified atom stereocenters. The van der Waals surface area contributed by atoms with Crippen LogP contribution in [-0.2, 0) is 0 Å². The van der Waals surface area contributed by atoms with Crippen LogP contribution in [0, 0.1) is 0 Å². The van der Waals surface area contributed by atoms with E-state index < -0.39 is 0 Å². The smallest absolute Gasteiger partial charge is 0.298 e. The zero-order valence-corrected chi connectivity index (χ0v) is 11.7. The van der Waals surface area contributed by atoms with Crippen LogP contribution in [0.1, 0.15) is 0 Å². The number of likely N-dealkylation sites (N-methyl/N-ethyl adjacent to an activating group) is 1. The van der Waals surface area contributed by atoms with Gasteiger partial charge in [-0.3, -0.25) is 4.79 Å². The maximum Gasteiger partial charge on any atom is 0.298 e. The van der Waals surface area contributed by atoms with Gasteiger partial charge in [-0.05, 0) is 13.1 Å². The lowest BCUT2D eigenvalue weighted by molar-refractivity contribution is 0.286. The number of aromatic nitrogens is 5. The molecular formula is C13H15N7O. The molecule has 8 nitrogen and oxygen atoms in total. The van der Waals surface area contributed by atoms with Gasteiger partial charge in [0, 0.05) is 38.4 Å². The average Bonchev–Trinajstić information content (AvgIpc) is 2.97. The molecular weight excluding hydrogens is 270 g/mol. The number of hydrogen-bond acceptors (Lipinski definition) is 6. The van der Waals surface area contributed by atoms with Crippen LogP contribution in [-0.4, -0.2) is 62.6 Å². The summed E-state index contributed by atoms with van der Waals surface area (Å²) in [4.78, 5) is 14.9. The van der Waals surface area contributed by atoms with Gasteiger partial charge in [0.25, 0.3) is 5.56 Å². The first-order valence-electron chi connectivity index (χ1n) is 6.89. The molecule has 1 aliphatic heterocycles. The SMILES string of the molecule is CN1CCN(n2ccc3c(nnc4ccnn43)c2=O)CC1. The van der Waals surface area contributed by atoms with Gasteiger partial charge in [-0.15, -0.1) is 10.2 Å². The normalized spacial score (nSPS) is 16.9. The van der Waals surface area contributed by atoms with Crippen molar-refractivity contribution in [3.8, 4) is 0 Å². The number of rotatable bonds is 1. The highest BCUT2D eigenvalue weighted by Gasteiger charge is 2.17. The Bertz CT molecular complexity index is 860. The molecule has 108 valence electrons. The monoisotopic (exact) mass is 285 g/mol. The van der Waals surface area contributed by atoms with Crippen LogP contribution in [0.3, 0.4) is 0 Å². The highest BCUT2D eigenvalue weighted by Crippen LogP contribution is 2.08. The van der Waals surface area contributed by atoms with Gasteiger partial charge in [0.2, 0.25) is 0 Å². The Kier molecular flexibility index (Phi) is 2.64. The number of piperazine rings is 1. The van der Waals surface area contributed by atoms with Gasteiger partial charge in [-0.1, -0.05) is 0 Å². The summed E-state index contributed by atoms with van der Waals surface area (Å²) in [5.74, 6) is 0. The summed E-state index contributed by atoms with van der Waals surface area (Å²) in [6, 6.07) is 3.63. The van der Waals surface area contributed by atoms with E-state index >= 15 is 0 Å². The molecule has 4 rings (SSSR count). The first-order chi connectivity index (χ1) is 10.2. The second-order valence-electron chi connectivity index (χ2n) is 5.26. The Balaban J connectivity index is 1.86. The minimum atomic E-state index is -0.151. The van der Waals surface area contributed by atoms with Gasteiger partial charge in [-0.2, -0.15) is 5.10 Å². The van der Waals surface area contributed by atoms with Crippen LogP contribution in [0.5, 0.6) is 0 Å². The van der Waals surface area contributed by atoms with Crippen LogP contribution >= 0.6 is 0 Å². The largest absolute Gasteiger partial charge is 0.307 e. The van der Waals surface area contributed by atoms with Crippen molar-refractivity contribution in [1.29, 1.82) is 0 Å². The van der Waals surface area contributed by atoms with Crippen LogP contribution in [0.15, 0.2) is 29.3 Å². The van der Waals surface area contributed by atoms with Crippen LogP contribution in [0.2, 0.25) is 0 Å². The molecule has 0 spiro atoms. The van der Waals surface area contributed by atoms with Crippen LogP contribution in [0.25, 0.3) is 16.7 Å². The van der Waals surface area contributed by atoms with E-state index in [4.69, 9.17) is 0 Å². The van der Waals surface area contributed by atoms with Gasteiger partial charge in [-0.25, -0.2) is 9.19 Å². The fraction of sp³-hybridized carbons (Fsp3) is 0.385. The Morgan fingerprint density at radius 1 is 1.10 bits per heavy atom. The molecule has 0 saturated carbocycles. The van der Waals surface area contributed by atoms with Crippen molar-refractivity contribution >= 4 is 16.7 Å². The average molecular weight is 285 g/mol. The second-order valence-corrected chi connectivity index (χ2v) is 5.26. The molecule has 3 aromatic rings. The summed E-state index contributed by atoms with van der Waals surface area (Å²) in [7, 11) is 2.08. The van der Waals surface area contributed by atoms with Gasteiger partial charge < -0.3 is 9.91 Å². The Labute approximate surface area is 120 Å². The fourth-order valence-electron chi connectivity index (χ4n) is 2.66. The zero-order chi connectivity index (χ0) is 14.4. The maximum absolute atomic E-state index is 12.6. The molecule has 3 aromatic heterocycles. The molecule has 0 atom stereocenters. The highest BCUT2D eigenvalue weighted by molar-refractivity contribution is 5.74. The maximum atomic E-state index is 12.6. The van der Waals surface area contributed by atoms with Crippen molar-refractivity contribution in [3.05, 3.63) is 34.9 Å². The number of nitrogens with zero attached hydrogens (tertiary/aromatic N) is 7. The predicted molar refractivity (Wildman–Crippen MR) is 78.0 cm³/mol. The summed E-state index contributed by atoms with van der Waals surface area (Å²) >= 11 is 0. The third-order valence-electron chi connectivity index (χ3n) is 3.91. The lowest BCUT2D eigenvalue weighted by atomic mass is 10.3. The van der Waals surface area contributed by atoms with E-state index in [-0.39, 0.29) is 5.56 Å². The molecule has 1 saturated heterocycles. The zero-order valence-electron chi connectivity index (χ0n) is 11.7. The van der Waals surface area contributed by atoms with Crippen molar-refractivity contribution in [1.82, 2.24) is 29.4 Å². The predicted octanol–water partition coefficient (Wildman–Crippen LogP) is -0.677. The van der Waals surface area contributed by atoms with E-state index in [0.29, 0.717) is 16.7 Å². The van der Waals surface area contributed by atoms with Gasteiger partial charge >= 0.3 is 0 Å². The summed E-state index contributed by atoms with van der Waals surface area (Å²) in [5, 5.41) is 14.3. The third-order valence-corrected chi connectivity index (χ3v) is 3.91. The van der Waals surface area contributed by atoms with E-state index in [1.807, 2.05) is 11.1 Å². The molecule has 1 aliphatic rings. The van der Waals surface area contributed by atoms with Crippen LogP contribution in [0.4, 0.5) is 0 Å². The topological polar surface area (TPSA) is 71.6 Å². The quantitative estimate of drug-likeness (QED) is 0.590. The lowest BCUT2D eigenvalue weighted by Gasteiger charge is -2.34. The molecule has 0 radical (unpaired) electrons. The van der Waals surface area contributed by atoms with Gasteiger partial charge in [0.1, 0.15) is 5.52 Å². The summed E-state index contributed by atoms with van der Waals surface area (Å²) in [5.41, 5.74) is 1.51. The third kappa shape index (κ3) is 1.87. The first kappa shape index (κ1) is 12.3. The van der Waals surface area contributed by atoms with Crippen molar-refractivity contribution < 1.29 is 0 Å². The second kappa shape index (κ2) is 4.52. The molecule has 0 bridgehead atoms. The van der Waals surface area contributed by atoms with Crippen molar-refractivity contribution in [3.63, 3.8) is 0 Å². The van der Waals surface area contributed by atoms with Crippen molar-refractivity contribution in [2.75, 3.05) is 38.2 Å². The number of pyridine rings is 1. The molecule has 8 heteroatoms. The minimum absolute atomic E-state index is 0.151. The minimum Gasteiger partial charge on any atom is -0.307 e. The standard InChI is InChI=1S/C13H15N7O/c1-17-6-8-18(9-7-17)19-5-3-10-12(13(19)21)16-15-11-2-4-14-20(10)11/h2-5H,6-9H2,1H3. The van der Waals surface area contributed by atoms with Crippen molar-refractivity contribution in [2.24, 2.45) is 0 Å². The molecule has 21 heavy (non-hydrogen) atoms. The van der Waals surface area contributed by atoms with E-state index in [1.54, 1.807) is 27.7 Å². The van der Waals surface area contributed by atoms with E-state index in [2.05, 4.69) is 27.2 Å². The summed E-state index contributed by atoms with van der Waals surface area (Å²) in [6.45, 7) is 3.52. The highest BCUT2D eigenvalue weighted by atomic mass is 16.1. The Morgan fingerprint density at radius 3 is 2.71 bits per heavy atom. The molecule has 0 aromatic carbocycles. The summed E-state index contributed by atoms with van der Waals surface area (Å²) in [6.07, 6.45) is 3.44. The Hall–Kier alpha value is -2.48. The molecule has 1 fully saturated rings. The lowest BCUT2D eigenvalue weighted by Crippen LogP contribution is -2.53. The molecule has 0 N–H and O–H groups in total. The number of hydrogen-bond donors (Lipinski definition) is 0. The molecule has 0 aliphatic carbocycles. The summed E-state index contributed by atoms with van der Waals surface area (Å²) < 4.78 is 3.28. The number of fused-ring (bicyclic) bond motifs is 3. The fourth-order valence-corrected chi connectivity index (χ4v) is 2.66. The van der Waals surface area contributed by atoms with Gasteiger partial charge in [0.15, 0.2) is 11.2 Å². The Morgan fingerprint density at radius 2 is 1.90 bits per heavy atom. The first-order valence-corrected chi connectivity index (χ1v) is 6.89. The van der Waals surface area contributed by atoms with E-state index in [0.717, 1.165) is 26.2 Å². The van der Waals surface area contributed by atoms with Crippen molar-refractivity contribution in [2.45, 2.75) is 0 Å².